The number of amides is 2. The van der Waals surface area contributed by atoms with Gasteiger partial charge < -0.3 is 20.8 Å². The van der Waals surface area contributed by atoms with Gasteiger partial charge in [0.15, 0.2) is 11.5 Å². The predicted octanol–water partition coefficient (Wildman–Crippen LogP) is 3.78. The smallest absolute Gasteiger partial charge is 0.255 e. The van der Waals surface area contributed by atoms with Gasteiger partial charge in [0.25, 0.3) is 5.91 Å². The number of hydrogen-bond acceptors (Lipinski definition) is 5. The summed E-state index contributed by atoms with van der Waals surface area (Å²) in [6.07, 6.45) is 1.71. The molecule has 1 aromatic heterocycles. The number of carbonyl (C=O) groups is 2. The molecule has 0 spiro atoms. The van der Waals surface area contributed by atoms with Gasteiger partial charge in [-0.1, -0.05) is 59.6 Å². The number of halogens is 2. The Labute approximate surface area is 182 Å². The van der Waals surface area contributed by atoms with Crippen LogP contribution in [0.2, 0.25) is 10.0 Å². The molecule has 0 radical (unpaired) electrons. The van der Waals surface area contributed by atoms with Gasteiger partial charge in [0, 0.05) is 12.6 Å². The number of aromatic hydroxyl groups is 2. The standard InChI is InChI=1S/C21H17Cl2N3O4/c22-14-11-13(18(27)17(23)19(14)28)20(29)25-15(10-12-6-2-1-3-7-12)21(30)26-16-8-4-5-9-24-16/h1-9,11,15,27-28H,10H2,(H,25,29)(H,24,26,30)/t15-/m0/s1. The number of nitrogens with zero attached hydrogens (tertiary/aromatic N) is 1. The van der Waals surface area contributed by atoms with Crippen LogP contribution in [0.4, 0.5) is 5.82 Å². The summed E-state index contributed by atoms with van der Waals surface area (Å²) in [7, 11) is 0. The molecule has 0 unspecified atom stereocenters. The largest absolute Gasteiger partial charge is 0.505 e. The first-order chi connectivity index (χ1) is 14.4. The molecule has 3 rings (SSSR count). The predicted molar refractivity (Wildman–Crippen MR) is 114 cm³/mol. The molecule has 9 heteroatoms. The van der Waals surface area contributed by atoms with E-state index in [9.17, 15) is 19.8 Å². The average molecular weight is 446 g/mol. The van der Waals surface area contributed by atoms with E-state index in [1.807, 2.05) is 30.3 Å². The van der Waals surface area contributed by atoms with Gasteiger partial charge in [-0.25, -0.2) is 4.98 Å². The van der Waals surface area contributed by atoms with Crippen LogP contribution in [0.1, 0.15) is 15.9 Å². The number of benzene rings is 2. The van der Waals surface area contributed by atoms with E-state index in [1.54, 1.807) is 18.2 Å². The van der Waals surface area contributed by atoms with E-state index < -0.39 is 34.4 Å². The number of rotatable bonds is 6. The van der Waals surface area contributed by atoms with Crippen molar-refractivity contribution in [3.8, 4) is 11.5 Å². The van der Waals surface area contributed by atoms with E-state index in [-0.39, 0.29) is 17.0 Å². The monoisotopic (exact) mass is 445 g/mol. The molecule has 0 bridgehead atoms. The molecule has 1 heterocycles. The molecule has 7 nitrogen and oxygen atoms in total. The van der Waals surface area contributed by atoms with E-state index in [0.717, 1.165) is 11.6 Å². The molecule has 2 aromatic carbocycles. The van der Waals surface area contributed by atoms with E-state index >= 15 is 0 Å². The number of pyridine rings is 1. The zero-order chi connectivity index (χ0) is 21.7. The quantitative estimate of drug-likeness (QED) is 0.461. The van der Waals surface area contributed by atoms with Crippen LogP contribution in [0, 0.1) is 0 Å². The van der Waals surface area contributed by atoms with Crippen LogP contribution in [-0.2, 0) is 11.2 Å². The molecule has 0 aliphatic carbocycles. The van der Waals surface area contributed by atoms with Gasteiger partial charge >= 0.3 is 0 Å². The van der Waals surface area contributed by atoms with Crippen molar-refractivity contribution in [2.75, 3.05) is 5.32 Å². The topological polar surface area (TPSA) is 112 Å². The first kappa shape index (κ1) is 21.4. The first-order valence-corrected chi connectivity index (χ1v) is 9.59. The van der Waals surface area contributed by atoms with Crippen molar-refractivity contribution >= 4 is 40.8 Å². The second kappa shape index (κ2) is 9.47. The van der Waals surface area contributed by atoms with Gasteiger partial charge in [0.2, 0.25) is 5.91 Å². The minimum absolute atomic E-state index is 0.186. The number of anilines is 1. The van der Waals surface area contributed by atoms with Crippen molar-refractivity contribution in [2.24, 2.45) is 0 Å². The molecule has 0 saturated heterocycles. The number of phenolic OH excluding ortho intramolecular Hbond substituents is 2. The van der Waals surface area contributed by atoms with E-state index in [4.69, 9.17) is 23.2 Å². The molecule has 3 aromatic rings. The average Bonchev–Trinajstić information content (AvgIpc) is 2.75. The molecule has 0 saturated carbocycles. The second-order valence-electron chi connectivity index (χ2n) is 6.34. The second-order valence-corrected chi connectivity index (χ2v) is 7.12. The summed E-state index contributed by atoms with van der Waals surface area (Å²) in [4.78, 5) is 29.7. The molecule has 1 atom stereocenters. The van der Waals surface area contributed by atoms with Crippen molar-refractivity contribution in [1.29, 1.82) is 0 Å². The fourth-order valence-corrected chi connectivity index (χ4v) is 3.17. The highest BCUT2D eigenvalue weighted by molar-refractivity contribution is 6.38. The minimum atomic E-state index is -0.993. The summed E-state index contributed by atoms with van der Waals surface area (Å²) < 4.78 is 0. The van der Waals surface area contributed by atoms with Gasteiger partial charge in [0.1, 0.15) is 16.9 Å². The highest BCUT2D eigenvalue weighted by Crippen LogP contribution is 2.40. The van der Waals surface area contributed by atoms with Crippen molar-refractivity contribution < 1.29 is 19.8 Å². The van der Waals surface area contributed by atoms with Crippen molar-refractivity contribution in [2.45, 2.75) is 12.5 Å². The Morgan fingerprint density at radius 2 is 1.70 bits per heavy atom. The number of phenols is 2. The first-order valence-electron chi connectivity index (χ1n) is 8.83. The van der Waals surface area contributed by atoms with Crippen LogP contribution in [-0.4, -0.2) is 33.1 Å². The third kappa shape index (κ3) is 5.00. The van der Waals surface area contributed by atoms with Crippen LogP contribution in [0.25, 0.3) is 0 Å². The van der Waals surface area contributed by atoms with E-state index in [1.165, 1.54) is 6.20 Å². The maximum Gasteiger partial charge on any atom is 0.255 e. The van der Waals surface area contributed by atoms with Crippen LogP contribution in [0.15, 0.2) is 60.8 Å². The number of aromatic nitrogens is 1. The molecule has 154 valence electrons. The SMILES string of the molecule is O=C(N[C@@H](Cc1ccccc1)C(=O)Nc1ccccn1)c1cc(Cl)c(O)c(Cl)c1O. The highest BCUT2D eigenvalue weighted by Gasteiger charge is 2.26. The Hall–Kier alpha value is -3.29. The minimum Gasteiger partial charge on any atom is -0.505 e. The Kier molecular flexibility index (Phi) is 6.76. The molecule has 0 aliphatic rings. The lowest BCUT2D eigenvalue weighted by Gasteiger charge is -2.19. The molecule has 4 N–H and O–H groups in total. The van der Waals surface area contributed by atoms with Crippen LogP contribution < -0.4 is 10.6 Å². The van der Waals surface area contributed by atoms with E-state index in [0.29, 0.717) is 5.82 Å². The molecule has 2 amide bonds. The lowest BCUT2D eigenvalue weighted by molar-refractivity contribution is -0.118. The maximum absolute atomic E-state index is 12.8. The number of carbonyl (C=O) groups excluding carboxylic acids is 2. The fourth-order valence-electron chi connectivity index (χ4n) is 2.72. The summed E-state index contributed by atoms with van der Waals surface area (Å²) >= 11 is 11.7. The third-order valence-electron chi connectivity index (χ3n) is 4.23. The summed E-state index contributed by atoms with van der Waals surface area (Å²) in [6.45, 7) is 0. The van der Waals surface area contributed by atoms with E-state index in [2.05, 4.69) is 15.6 Å². The molecule has 30 heavy (non-hydrogen) atoms. The Balaban J connectivity index is 1.86. The lowest BCUT2D eigenvalue weighted by atomic mass is 10.0. The Morgan fingerprint density at radius 3 is 2.37 bits per heavy atom. The lowest BCUT2D eigenvalue weighted by Crippen LogP contribution is -2.45. The summed E-state index contributed by atoms with van der Waals surface area (Å²) in [6, 6.07) is 14.2. The van der Waals surface area contributed by atoms with Gasteiger partial charge in [-0.05, 0) is 23.8 Å². The zero-order valence-electron chi connectivity index (χ0n) is 15.5. The normalized spacial score (nSPS) is 11.5. The van der Waals surface area contributed by atoms with Crippen molar-refractivity contribution in [3.63, 3.8) is 0 Å². The van der Waals surface area contributed by atoms with Gasteiger partial charge in [-0.15, -0.1) is 0 Å². The zero-order valence-corrected chi connectivity index (χ0v) is 17.0. The summed E-state index contributed by atoms with van der Waals surface area (Å²) in [5, 5.41) is 24.4. The summed E-state index contributed by atoms with van der Waals surface area (Å²) in [5.74, 6) is -2.14. The van der Waals surface area contributed by atoms with Crippen molar-refractivity contribution in [3.05, 3.63) is 82.0 Å². The highest BCUT2D eigenvalue weighted by atomic mass is 35.5. The van der Waals surface area contributed by atoms with Gasteiger partial charge in [0.05, 0.1) is 10.6 Å². The van der Waals surface area contributed by atoms with Crippen LogP contribution in [0.3, 0.4) is 0 Å². The van der Waals surface area contributed by atoms with Crippen LogP contribution in [0.5, 0.6) is 11.5 Å². The molecule has 0 fully saturated rings. The van der Waals surface area contributed by atoms with Gasteiger partial charge in [-0.3, -0.25) is 9.59 Å². The maximum atomic E-state index is 12.8. The molecular formula is C21H17Cl2N3O4. The van der Waals surface area contributed by atoms with Crippen molar-refractivity contribution in [1.82, 2.24) is 10.3 Å². The number of nitrogens with one attached hydrogen (secondary N) is 2. The van der Waals surface area contributed by atoms with Gasteiger partial charge in [-0.2, -0.15) is 0 Å². The number of hydrogen-bond donors (Lipinski definition) is 4. The molecule has 0 aliphatic heterocycles. The Morgan fingerprint density at radius 1 is 1.00 bits per heavy atom. The summed E-state index contributed by atoms with van der Waals surface area (Å²) in [5.41, 5.74) is 0.538. The Bertz CT molecular complexity index is 1060. The molecular weight excluding hydrogens is 429 g/mol. The van der Waals surface area contributed by atoms with Crippen LogP contribution >= 0.6 is 23.2 Å². The fraction of sp³-hybridized carbons (Fsp3) is 0.0952. The third-order valence-corrected chi connectivity index (χ3v) is 4.88.